The van der Waals surface area contributed by atoms with Gasteiger partial charge < -0.3 is 10.3 Å². The van der Waals surface area contributed by atoms with Crippen LogP contribution in [0.25, 0.3) is 0 Å². The van der Waals surface area contributed by atoms with Gasteiger partial charge in [0.05, 0.1) is 5.56 Å². The van der Waals surface area contributed by atoms with Crippen molar-refractivity contribution < 1.29 is 4.79 Å². The molecular weight excluding hydrogens is 260 g/mol. The summed E-state index contributed by atoms with van der Waals surface area (Å²) >= 11 is 1.70. The van der Waals surface area contributed by atoms with Crippen LogP contribution in [-0.4, -0.2) is 29.4 Å². The Hall–Kier alpha value is -1.92. The summed E-state index contributed by atoms with van der Waals surface area (Å²) in [6.45, 7) is 0.665. The standard InChI is InChI=1S/C13H16N4OS/c1-17(8-6-10-4-3-9-19-10)13(18)11-5-2-7-15-12(11)16-14/h2-5,7,9H,6,8,14H2,1H3,(H,15,16). The van der Waals surface area contributed by atoms with Gasteiger partial charge in [0, 0.05) is 24.7 Å². The molecule has 2 aromatic rings. The largest absolute Gasteiger partial charge is 0.341 e. The first kappa shape index (κ1) is 13.5. The fourth-order valence-corrected chi connectivity index (χ4v) is 2.43. The number of nitrogens with two attached hydrogens (primary N) is 1. The molecular formula is C13H16N4OS. The van der Waals surface area contributed by atoms with Crippen LogP contribution in [0.4, 0.5) is 5.82 Å². The average molecular weight is 276 g/mol. The van der Waals surface area contributed by atoms with Crippen molar-refractivity contribution in [2.45, 2.75) is 6.42 Å². The number of carbonyl (C=O) groups is 1. The third-order valence-corrected chi connectivity index (χ3v) is 3.73. The summed E-state index contributed by atoms with van der Waals surface area (Å²) in [6.07, 6.45) is 2.45. The molecule has 0 aromatic carbocycles. The van der Waals surface area contributed by atoms with Gasteiger partial charge in [-0.2, -0.15) is 0 Å². The zero-order chi connectivity index (χ0) is 13.7. The van der Waals surface area contributed by atoms with Crippen molar-refractivity contribution in [1.29, 1.82) is 0 Å². The quantitative estimate of drug-likeness (QED) is 0.644. The number of nitrogen functional groups attached to an aromatic ring is 1. The molecule has 2 heterocycles. The molecule has 0 aliphatic heterocycles. The van der Waals surface area contributed by atoms with Crippen LogP contribution in [0.2, 0.25) is 0 Å². The van der Waals surface area contributed by atoms with Gasteiger partial charge >= 0.3 is 0 Å². The van der Waals surface area contributed by atoms with Crippen molar-refractivity contribution in [3.05, 3.63) is 46.3 Å². The summed E-state index contributed by atoms with van der Waals surface area (Å²) in [6, 6.07) is 7.52. The molecule has 0 saturated carbocycles. The lowest BCUT2D eigenvalue weighted by atomic mass is 10.2. The molecule has 0 atom stereocenters. The Balaban J connectivity index is 2.02. The zero-order valence-electron chi connectivity index (χ0n) is 10.7. The van der Waals surface area contributed by atoms with Gasteiger partial charge in [-0.3, -0.25) is 4.79 Å². The number of rotatable bonds is 5. The van der Waals surface area contributed by atoms with Crippen LogP contribution < -0.4 is 11.3 Å². The molecule has 100 valence electrons. The molecule has 1 amide bonds. The minimum atomic E-state index is -0.0855. The van der Waals surface area contributed by atoms with E-state index in [0.29, 0.717) is 17.9 Å². The maximum absolute atomic E-state index is 12.3. The second-order valence-corrected chi connectivity index (χ2v) is 5.13. The Morgan fingerprint density at radius 1 is 1.47 bits per heavy atom. The van der Waals surface area contributed by atoms with Crippen LogP contribution >= 0.6 is 11.3 Å². The minimum Gasteiger partial charge on any atom is -0.341 e. The lowest BCUT2D eigenvalue weighted by molar-refractivity contribution is 0.0797. The first-order chi connectivity index (χ1) is 9.22. The van der Waals surface area contributed by atoms with Gasteiger partial charge in [0.15, 0.2) is 5.82 Å². The number of pyridine rings is 1. The van der Waals surface area contributed by atoms with Gasteiger partial charge in [0.25, 0.3) is 5.91 Å². The lowest BCUT2D eigenvalue weighted by Gasteiger charge is -2.18. The van der Waals surface area contributed by atoms with E-state index in [0.717, 1.165) is 6.42 Å². The second kappa shape index (κ2) is 6.31. The van der Waals surface area contributed by atoms with Gasteiger partial charge in [0.2, 0.25) is 0 Å². The Bertz CT molecular complexity index is 541. The van der Waals surface area contributed by atoms with Crippen molar-refractivity contribution >= 4 is 23.1 Å². The smallest absolute Gasteiger partial charge is 0.257 e. The molecule has 0 fully saturated rings. The molecule has 0 bridgehead atoms. The van der Waals surface area contributed by atoms with E-state index >= 15 is 0 Å². The Labute approximate surface area is 116 Å². The van der Waals surface area contributed by atoms with Crippen LogP contribution in [0.1, 0.15) is 15.2 Å². The van der Waals surface area contributed by atoms with Crippen molar-refractivity contribution in [3.8, 4) is 0 Å². The first-order valence-corrected chi connectivity index (χ1v) is 6.80. The number of hydrazine groups is 1. The third-order valence-electron chi connectivity index (χ3n) is 2.80. The molecule has 2 aromatic heterocycles. The van der Waals surface area contributed by atoms with Crippen molar-refractivity contribution in [2.75, 3.05) is 19.0 Å². The summed E-state index contributed by atoms with van der Waals surface area (Å²) in [7, 11) is 1.78. The van der Waals surface area contributed by atoms with E-state index in [1.165, 1.54) is 4.88 Å². The van der Waals surface area contributed by atoms with E-state index in [-0.39, 0.29) is 5.91 Å². The van der Waals surface area contributed by atoms with E-state index in [2.05, 4.69) is 16.5 Å². The van der Waals surface area contributed by atoms with E-state index < -0.39 is 0 Å². The number of hydrogen-bond donors (Lipinski definition) is 2. The van der Waals surface area contributed by atoms with Gasteiger partial charge in [-0.25, -0.2) is 10.8 Å². The van der Waals surface area contributed by atoms with Crippen LogP contribution in [0.15, 0.2) is 35.8 Å². The van der Waals surface area contributed by atoms with E-state index in [4.69, 9.17) is 5.84 Å². The Kier molecular flexibility index (Phi) is 4.48. The molecule has 19 heavy (non-hydrogen) atoms. The third kappa shape index (κ3) is 3.30. The molecule has 6 heteroatoms. The summed E-state index contributed by atoms with van der Waals surface area (Å²) in [5.74, 6) is 5.67. The fraction of sp³-hybridized carbons (Fsp3) is 0.231. The maximum atomic E-state index is 12.3. The van der Waals surface area contributed by atoms with Crippen LogP contribution in [0, 0.1) is 0 Å². The van der Waals surface area contributed by atoms with Crippen LogP contribution in [0.5, 0.6) is 0 Å². The van der Waals surface area contributed by atoms with Gasteiger partial charge in [0.1, 0.15) is 0 Å². The molecule has 0 aliphatic rings. The zero-order valence-corrected chi connectivity index (χ0v) is 11.5. The number of amides is 1. The number of nitrogens with one attached hydrogen (secondary N) is 1. The fourth-order valence-electron chi connectivity index (χ4n) is 1.73. The number of aromatic nitrogens is 1. The predicted octanol–water partition coefficient (Wildman–Crippen LogP) is 1.74. The lowest BCUT2D eigenvalue weighted by Crippen LogP contribution is -2.30. The summed E-state index contributed by atoms with van der Waals surface area (Å²) in [4.78, 5) is 19.3. The molecule has 3 N–H and O–H groups in total. The second-order valence-electron chi connectivity index (χ2n) is 4.10. The normalized spacial score (nSPS) is 10.2. The molecule has 0 radical (unpaired) electrons. The van der Waals surface area contributed by atoms with E-state index in [1.54, 1.807) is 41.6 Å². The number of likely N-dealkylation sites (N-methyl/N-ethyl adjacent to an activating group) is 1. The van der Waals surface area contributed by atoms with Crippen molar-refractivity contribution in [3.63, 3.8) is 0 Å². The first-order valence-electron chi connectivity index (χ1n) is 5.92. The molecule has 0 spiro atoms. The Morgan fingerprint density at radius 2 is 2.32 bits per heavy atom. The van der Waals surface area contributed by atoms with Crippen molar-refractivity contribution in [2.24, 2.45) is 5.84 Å². The molecule has 5 nitrogen and oxygen atoms in total. The van der Waals surface area contributed by atoms with Gasteiger partial charge in [-0.1, -0.05) is 6.07 Å². The summed E-state index contributed by atoms with van der Waals surface area (Å²) in [5, 5.41) is 2.04. The summed E-state index contributed by atoms with van der Waals surface area (Å²) < 4.78 is 0. The number of nitrogens with zero attached hydrogens (tertiary/aromatic N) is 2. The summed E-state index contributed by atoms with van der Waals surface area (Å²) in [5.41, 5.74) is 2.93. The highest BCUT2D eigenvalue weighted by atomic mass is 32.1. The number of carbonyl (C=O) groups excluding carboxylic acids is 1. The Morgan fingerprint density at radius 3 is 3.00 bits per heavy atom. The minimum absolute atomic E-state index is 0.0855. The highest BCUT2D eigenvalue weighted by Gasteiger charge is 2.15. The number of hydrogen-bond acceptors (Lipinski definition) is 5. The molecule has 0 saturated heterocycles. The highest BCUT2D eigenvalue weighted by molar-refractivity contribution is 7.09. The van der Waals surface area contributed by atoms with Gasteiger partial charge in [-0.05, 0) is 30.0 Å². The van der Waals surface area contributed by atoms with Crippen LogP contribution in [-0.2, 0) is 6.42 Å². The predicted molar refractivity (Wildman–Crippen MR) is 77.0 cm³/mol. The SMILES string of the molecule is CN(CCc1cccs1)C(=O)c1cccnc1NN. The average Bonchev–Trinajstić information content (AvgIpc) is 2.97. The topological polar surface area (TPSA) is 71.2 Å². The van der Waals surface area contributed by atoms with E-state index in [9.17, 15) is 4.79 Å². The molecule has 2 rings (SSSR count). The van der Waals surface area contributed by atoms with Crippen LogP contribution in [0.3, 0.4) is 0 Å². The number of thiophene rings is 1. The maximum Gasteiger partial charge on any atom is 0.257 e. The van der Waals surface area contributed by atoms with Crippen molar-refractivity contribution in [1.82, 2.24) is 9.88 Å². The number of anilines is 1. The van der Waals surface area contributed by atoms with Gasteiger partial charge in [-0.15, -0.1) is 11.3 Å². The monoisotopic (exact) mass is 276 g/mol. The highest BCUT2D eigenvalue weighted by Crippen LogP contribution is 2.14. The van der Waals surface area contributed by atoms with E-state index in [1.807, 2.05) is 11.4 Å². The molecule has 0 unspecified atom stereocenters. The molecule has 0 aliphatic carbocycles.